The molecule has 0 bridgehead atoms. The molecule has 9 heteroatoms. The second-order valence-electron chi connectivity index (χ2n) is 3.91. The zero-order chi connectivity index (χ0) is 15.4. The maximum atomic E-state index is 12.0. The van der Waals surface area contributed by atoms with E-state index in [9.17, 15) is 21.6 Å². The number of sulfonamides is 1. The second-order valence-corrected chi connectivity index (χ2v) is 6.56. The highest BCUT2D eigenvalue weighted by Crippen LogP contribution is 2.27. The Hall–Kier alpha value is -0.800. The van der Waals surface area contributed by atoms with Crippen molar-refractivity contribution in [3.05, 3.63) is 22.7 Å². The van der Waals surface area contributed by atoms with Crippen LogP contribution < -0.4 is 9.46 Å². The van der Waals surface area contributed by atoms with Crippen LogP contribution in [0.25, 0.3) is 0 Å². The van der Waals surface area contributed by atoms with Gasteiger partial charge in [0, 0.05) is 17.4 Å². The van der Waals surface area contributed by atoms with E-state index < -0.39 is 22.6 Å². The summed E-state index contributed by atoms with van der Waals surface area (Å²) < 4.78 is 67.5. The van der Waals surface area contributed by atoms with Gasteiger partial charge in [-0.05, 0) is 24.6 Å². The Labute approximate surface area is 123 Å². The van der Waals surface area contributed by atoms with Gasteiger partial charge in [-0.3, -0.25) is 0 Å². The zero-order valence-electron chi connectivity index (χ0n) is 10.5. The van der Waals surface area contributed by atoms with Gasteiger partial charge in [0.1, 0.15) is 10.6 Å². The van der Waals surface area contributed by atoms with Gasteiger partial charge < -0.3 is 4.74 Å². The predicted octanol–water partition coefficient (Wildman–Crippen LogP) is 3.08. The topological polar surface area (TPSA) is 55.4 Å². The summed E-state index contributed by atoms with van der Waals surface area (Å²) in [5.41, 5.74) is 0. The number of halogens is 4. The Morgan fingerprint density at radius 1 is 1.35 bits per heavy atom. The molecule has 0 aliphatic heterocycles. The number of hydrogen-bond donors (Lipinski definition) is 1. The van der Waals surface area contributed by atoms with Crippen molar-refractivity contribution in [3.8, 4) is 5.75 Å². The predicted molar refractivity (Wildman–Crippen MR) is 71.2 cm³/mol. The molecule has 0 spiro atoms. The van der Waals surface area contributed by atoms with Crippen LogP contribution in [0.4, 0.5) is 13.2 Å². The molecular formula is C11H13BrF3NO3S. The van der Waals surface area contributed by atoms with E-state index >= 15 is 0 Å². The summed E-state index contributed by atoms with van der Waals surface area (Å²) in [5.74, 6) is 0.122. The molecule has 0 radical (unpaired) electrons. The lowest BCUT2D eigenvalue weighted by Crippen LogP contribution is -2.26. The van der Waals surface area contributed by atoms with E-state index in [-0.39, 0.29) is 23.6 Å². The van der Waals surface area contributed by atoms with Crippen LogP contribution >= 0.6 is 15.9 Å². The molecule has 0 saturated heterocycles. The number of hydrogen-bond acceptors (Lipinski definition) is 3. The summed E-state index contributed by atoms with van der Waals surface area (Å²) in [5, 5.41) is 0. The molecule has 0 unspecified atom stereocenters. The lowest BCUT2D eigenvalue weighted by atomic mass is 10.3. The lowest BCUT2D eigenvalue weighted by Gasteiger charge is -2.11. The monoisotopic (exact) mass is 375 g/mol. The van der Waals surface area contributed by atoms with Gasteiger partial charge in [-0.15, -0.1) is 0 Å². The summed E-state index contributed by atoms with van der Waals surface area (Å²) in [6, 6.07) is 4.38. The van der Waals surface area contributed by atoms with E-state index in [0.29, 0.717) is 4.47 Å². The van der Waals surface area contributed by atoms with Crippen LogP contribution in [0.15, 0.2) is 27.6 Å². The highest BCUT2D eigenvalue weighted by molar-refractivity contribution is 9.10. The van der Waals surface area contributed by atoms with E-state index in [1.165, 1.54) is 19.2 Å². The Bertz CT molecular complexity index is 561. The smallest absolute Gasteiger partial charge is 0.389 e. The molecule has 0 saturated carbocycles. The number of methoxy groups -OCH3 is 1. The van der Waals surface area contributed by atoms with E-state index in [0.717, 1.165) is 0 Å². The van der Waals surface area contributed by atoms with Crippen molar-refractivity contribution in [1.29, 1.82) is 0 Å². The SMILES string of the molecule is COc1ccc(Br)cc1S(=O)(=O)NCCCC(F)(F)F. The van der Waals surface area contributed by atoms with Crippen molar-refractivity contribution in [2.45, 2.75) is 23.9 Å². The van der Waals surface area contributed by atoms with E-state index in [2.05, 4.69) is 20.7 Å². The molecule has 0 fully saturated rings. The first kappa shape index (κ1) is 17.3. The molecular weight excluding hydrogens is 363 g/mol. The van der Waals surface area contributed by atoms with Gasteiger partial charge in [0.2, 0.25) is 10.0 Å². The molecule has 20 heavy (non-hydrogen) atoms. The maximum Gasteiger partial charge on any atom is 0.389 e. The minimum Gasteiger partial charge on any atom is -0.495 e. The molecule has 1 aromatic carbocycles. The molecule has 114 valence electrons. The third-order valence-electron chi connectivity index (χ3n) is 2.34. The summed E-state index contributed by atoms with van der Waals surface area (Å²) in [7, 11) is -2.60. The fourth-order valence-corrected chi connectivity index (χ4v) is 3.21. The number of rotatable bonds is 6. The van der Waals surface area contributed by atoms with Gasteiger partial charge >= 0.3 is 6.18 Å². The average molecular weight is 376 g/mol. The molecule has 0 aliphatic carbocycles. The largest absolute Gasteiger partial charge is 0.495 e. The van der Waals surface area contributed by atoms with Gasteiger partial charge in [-0.1, -0.05) is 15.9 Å². The molecule has 4 nitrogen and oxygen atoms in total. The minimum atomic E-state index is -4.29. The van der Waals surface area contributed by atoms with Gasteiger partial charge in [0.15, 0.2) is 0 Å². The molecule has 1 aromatic rings. The van der Waals surface area contributed by atoms with Crippen LogP contribution in [0.5, 0.6) is 5.75 Å². The Morgan fingerprint density at radius 3 is 2.55 bits per heavy atom. The van der Waals surface area contributed by atoms with Gasteiger partial charge in [0.05, 0.1) is 7.11 Å². The quantitative estimate of drug-likeness (QED) is 0.777. The van der Waals surface area contributed by atoms with Crippen LogP contribution in [0.2, 0.25) is 0 Å². The van der Waals surface area contributed by atoms with Gasteiger partial charge in [-0.25, -0.2) is 13.1 Å². The highest BCUT2D eigenvalue weighted by Gasteiger charge is 2.26. The Morgan fingerprint density at radius 2 is 2.00 bits per heavy atom. The van der Waals surface area contributed by atoms with Crippen molar-refractivity contribution in [2.75, 3.05) is 13.7 Å². The van der Waals surface area contributed by atoms with Crippen molar-refractivity contribution in [1.82, 2.24) is 4.72 Å². The molecule has 0 heterocycles. The Balaban J connectivity index is 2.77. The molecule has 0 aliphatic rings. The van der Waals surface area contributed by atoms with E-state index in [4.69, 9.17) is 4.74 Å². The molecule has 1 rings (SSSR count). The van der Waals surface area contributed by atoms with Crippen molar-refractivity contribution in [2.24, 2.45) is 0 Å². The highest BCUT2D eigenvalue weighted by atomic mass is 79.9. The van der Waals surface area contributed by atoms with Crippen LogP contribution in [-0.4, -0.2) is 28.2 Å². The number of benzene rings is 1. The van der Waals surface area contributed by atoms with Crippen molar-refractivity contribution < 1.29 is 26.3 Å². The van der Waals surface area contributed by atoms with Crippen LogP contribution in [0.3, 0.4) is 0 Å². The number of alkyl halides is 3. The third kappa shape index (κ3) is 5.29. The number of ether oxygens (including phenoxy) is 1. The summed E-state index contributed by atoms with van der Waals surface area (Å²) in [6.07, 6.45) is -5.65. The zero-order valence-corrected chi connectivity index (χ0v) is 12.9. The third-order valence-corrected chi connectivity index (χ3v) is 4.32. The van der Waals surface area contributed by atoms with Gasteiger partial charge in [0.25, 0.3) is 0 Å². The fraction of sp³-hybridized carbons (Fsp3) is 0.455. The summed E-state index contributed by atoms with van der Waals surface area (Å²) >= 11 is 3.13. The standard InChI is InChI=1S/C11H13BrF3NO3S/c1-19-9-4-3-8(12)7-10(9)20(17,18)16-6-2-5-11(13,14)15/h3-4,7,16H,2,5-6H2,1H3. The molecule has 0 aromatic heterocycles. The summed E-state index contributed by atoms with van der Waals surface area (Å²) in [4.78, 5) is -0.124. The average Bonchev–Trinajstić information content (AvgIpc) is 2.33. The maximum absolute atomic E-state index is 12.0. The van der Waals surface area contributed by atoms with E-state index in [1.54, 1.807) is 6.07 Å². The minimum absolute atomic E-state index is 0.122. The first-order valence-corrected chi connectivity index (χ1v) is 7.83. The second kappa shape index (κ2) is 6.77. The number of nitrogens with one attached hydrogen (secondary N) is 1. The fourth-order valence-electron chi connectivity index (χ4n) is 1.43. The normalized spacial score (nSPS) is 12.4. The molecule has 0 atom stereocenters. The lowest BCUT2D eigenvalue weighted by molar-refractivity contribution is -0.135. The van der Waals surface area contributed by atoms with E-state index in [1.807, 2.05) is 0 Å². The Kier molecular flexibility index (Phi) is 5.84. The van der Waals surface area contributed by atoms with Crippen LogP contribution in [0.1, 0.15) is 12.8 Å². The van der Waals surface area contributed by atoms with Crippen LogP contribution in [-0.2, 0) is 10.0 Å². The first-order chi connectivity index (χ1) is 9.15. The first-order valence-electron chi connectivity index (χ1n) is 5.56. The van der Waals surface area contributed by atoms with Crippen LogP contribution in [0, 0.1) is 0 Å². The van der Waals surface area contributed by atoms with Crippen molar-refractivity contribution >= 4 is 26.0 Å². The molecule has 1 N–H and O–H groups in total. The van der Waals surface area contributed by atoms with Gasteiger partial charge in [-0.2, -0.15) is 13.2 Å². The van der Waals surface area contributed by atoms with Crippen molar-refractivity contribution in [3.63, 3.8) is 0 Å². The molecule has 0 amide bonds. The summed E-state index contributed by atoms with van der Waals surface area (Å²) in [6.45, 7) is -0.294.